The number of hydrogen-bond donors (Lipinski definition) is 0. The molecule has 0 aliphatic rings. The Morgan fingerprint density at radius 1 is 0.800 bits per heavy atom. The summed E-state index contributed by atoms with van der Waals surface area (Å²) < 4.78 is 65.9. The highest BCUT2D eigenvalue weighted by Gasteiger charge is 2.49. The van der Waals surface area contributed by atoms with E-state index in [0.717, 1.165) is 47.0 Å². The Morgan fingerprint density at radius 3 is 1.60 bits per heavy atom. The molecule has 0 radical (unpaired) electrons. The Morgan fingerprint density at radius 2 is 1.23 bits per heavy atom. The van der Waals surface area contributed by atoms with Crippen LogP contribution in [0.15, 0.2) is 55.8 Å². The van der Waals surface area contributed by atoms with E-state index in [4.69, 9.17) is 0 Å². The molecule has 0 spiro atoms. The van der Waals surface area contributed by atoms with Gasteiger partial charge in [-0.2, -0.15) is 21.6 Å². The topological polar surface area (TPSA) is 82.4 Å². The van der Waals surface area contributed by atoms with Crippen LogP contribution in [-0.2, 0) is 10.1 Å². The number of rotatable bonds is 10. The molecule has 0 fully saturated rings. The van der Waals surface area contributed by atoms with E-state index in [1.807, 2.05) is 0 Å². The number of nitrogens with zero attached hydrogens (tertiary/aromatic N) is 1. The molecular formula is C23H24F3NO5S3. The van der Waals surface area contributed by atoms with Gasteiger partial charge in [0.15, 0.2) is 0 Å². The largest absolute Gasteiger partial charge is 0.536 e. The van der Waals surface area contributed by atoms with Gasteiger partial charge in [0.2, 0.25) is 0 Å². The minimum atomic E-state index is -6.25. The monoisotopic (exact) mass is 547 g/mol. The molecule has 0 amide bonds. The summed E-state index contributed by atoms with van der Waals surface area (Å²) in [6, 6.07) is 9.37. The first kappa shape index (κ1) is 27.4. The standard InChI is InChI=1S/C23H24F3NO5S3/c1-3-5-11-33-15-7-9-17-19(13-15)20-14-16(34-12-6-4-2)8-10-18(20)22(29)27(21(17)28)32-35(30,31)23(24,25)26/h7-10,13-14H,3-6,11-12H2,1-2H3. The van der Waals surface area contributed by atoms with Crippen LogP contribution in [0.25, 0.3) is 21.5 Å². The summed E-state index contributed by atoms with van der Waals surface area (Å²) in [6.45, 7) is 4.11. The van der Waals surface area contributed by atoms with Crippen molar-refractivity contribution in [1.29, 1.82) is 0 Å². The van der Waals surface area contributed by atoms with Crippen molar-refractivity contribution in [1.82, 2.24) is 4.73 Å². The Hall–Kier alpha value is -2.18. The molecule has 35 heavy (non-hydrogen) atoms. The lowest BCUT2D eigenvalue weighted by Crippen LogP contribution is -2.43. The van der Waals surface area contributed by atoms with Gasteiger partial charge in [-0.05, 0) is 71.5 Å². The molecule has 0 saturated carbocycles. The zero-order valence-corrected chi connectivity index (χ0v) is 21.5. The van der Waals surface area contributed by atoms with Crippen LogP contribution in [0.3, 0.4) is 0 Å². The highest BCUT2D eigenvalue weighted by Crippen LogP contribution is 2.30. The molecule has 6 nitrogen and oxygen atoms in total. The van der Waals surface area contributed by atoms with Crippen molar-refractivity contribution >= 4 is 55.2 Å². The maximum atomic E-state index is 13.1. The summed E-state index contributed by atoms with van der Waals surface area (Å²) in [7, 11) is -6.25. The molecule has 0 aliphatic carbocycles. The Bertz CT molecular complexity index is 1370. The van der Waals surface area contributed by atoms with Crippen molar-refractivity contribution < 1.29 is 25.9 Å². The van der Waals surface area contributed by atoms with Gasteiger partial charge in [-0.15, -0.1) is 23.5 Å². The Balaban J connectivity index is 2.34. The van der Waals surface area contributed by atoms with E-state index in [1.54, 1.807) is 47.8 Å². The fourth-order valence-electron chi connectivity index (χ4n) is 3.23. The van der Waals surface area contributed by atoms with Crippen LogP contribution in [0.1, 0.15) is 39.5 Å². The second-order valence-corrected chi connectivity index (χ2v) is 11.6. The van der Waals surface area contributed by atoms with Crippen LogP contribution >= 0.6 is 23.5 Å². The molecule has 2 aromatic carbocycles. The van der Waals surface area contributed by atoms with Crippen molar-refractivity contribution in [3.05, 3.63) is 57.1 Å². The molecular weight excluding hydrogens is 523 g/mol. The van der Waals surface area contributed by atoms with Gasteiger partial charge in [0.1, 0.15) is 0 Å². The summed E-state index contributed by atoms with van der Waals surface area (Å²) in [4.78, 5) is 27.9. The van der Waals surface area contributed by atoms with Crippen LogP contribution in [0.4, 0.5) is 13.2 Å². The Labute approximate surface area is 208 Å². The highest BCUT2D eigenvalue weighted by atomic mass is 32.2. The van der Waals surface area contributed by atoms with Crippen LogP contribution in [-0.4, -0.2) is 30.2 Å². The van der Waals surface area contributed by atoms with E-state index in [0.29, 0.717) is 10.8 Å². The van der Waals surface area contributed by atoms with E-state index >= 15 is 0 Å². The zero-order valence-electron chi connectivity index (χ0n) is 19.1. The van der Waals surface area contributed by atoms with Gasteiger partial charge >= 0.3 is 15.6 Å². The fourth-order valence-corrected chi connectivity index (χ4v) is 5.72. The number of alkyl halides is 3. The van der Waals surface area contributed by atoms with Gasteiger partial charge in [-0.3, -0.25) is 13.9 Å². The van der Waals surface area contributed by atoms with Gasteiger partial charge in [0, 0.05) is 9.79 Å². The number of hydrogen-bond acceptors (Lipinski definition) is 7. The molecule has 1 heterocycles. The Kier molecular flexibility index (Phi) is 8.81. The van der Waals surface area contributed by atoms with E-state index in [2.05, 4.69) is 18.1 Å². The molecule has 12 heteroatoms. The number of thioether (sulfide) groups is 2. The molecule has 3 aromatic rings. The van der Waals surface area contributed by atoms with Gasteiger partial charge in [0.25, 0.3) is 11.1 Å². The summed E-state index contributed by atoms with van der Waals surface area (Å²) in [5, 5.41) is 0.386. The van der Waals surface area contributed by atoms with Gasteiger partial charge < -0.3 is 0 Å². The quantitative estimate of drug-likeness (QED) is 0.186. The summed E-state index contributed by atoms with van der Waals surface area (Å²) >= 11 is 3.09. The molecule has 0 atom stereocenters. The van der Waals surface area contributed by atoms with Crippen LogP contribution in [0.5, 0.6) is 0 Å². The van der Waals surface area contributed by atoms with Crippen LogP contribution in [0, 0.1) is 0 Å². The predicted molar refractivity (Wildman–Crippen MR) is 135 cm³/mol. The van der Waals surface area contributed by atoms with Gasteiger partial charge in [-0.25, -0.2) is 0 Å². The second kappa shape index (κ2) is 11.3. The molecule has 0 N–H and O–H groups in total. The molecule has 1 aromatic heterocycles. The number of benzene rings is 2. The van der Waals surface area contributed by atoms with E-state index in [1.165, 1.54) is 12.1 Å². The normalized spacial score (nSPS) is 12.4. The lowest BCUT2D eigenvalue weighted by atomic mass is 10.1. The van der Waals surface area contributed by atoms with Gasteiger partial charge in [0.05, 0.1) is 10.8 Å². The number of aromatic nitrogens is 1. The van der Waals surface area contributed by atoms with E-state index in [9.17, 15) is 31.2 Å². The number of halogens is 3. The second-order valence-electron chi connectivity index (χ2n) is 7.70. The van der Waals surface area contributed by atoms with Crippen molar-refractivity contribution in [2.24, 2.45) is 0 Å². The van der Waals surface area contributed by atoms with Crippen molar-refractivity contribution in [2.75, 3.05) is 11.5 Å². The van der Waals surface area contributed by atoms with Gasteiger partial charge in [-0.1, -0.05) is 31.4 Å². The molecule has 0 bridgehead atoms. The van der Waals surface area contributed by atoms with Crippen LogP contribution < -0.4 is 15.4 Å². The predicted octanol–water partition coefficient (Wildman–Crippen LogP) is 5.58. The average Bonchev–Trinajstić information content (AvgIpc) is 2.88. The highest BCUT2D eigenvalue weighted by molar-refractivity contribution is 7.99. The zero-order chi connectivity index (χ0) is 25.8. The third-order valence-corrected chi connectivity index (χ3v) is 8.16. The van der Waals surface area contributed by atoms with Crippen molar-refractivity contribution in [3.8, 4) is 0 Å². The van der Waals surface area contributed by atoms with Crippen LogP contribution in [0.2, 0.25) is 0 Å². The first-order valence-electron chi connectivity index (χ1n) is 10.9. The van der Waals surface area contributed by atoms with Crippen molar-refractivity contribution in [2.45, 2.75) is 54.8 Å². The van der Waals surface area contributed by atoms with E-state index < -0.39 is 26.7 Å². The number of fused-ring (bicyclic) bond motifs is 3. The lowest BCUT2D eigenvalue weighted by molar-refractivity contribution is -0.0551. The lowest BCUT2D eigenvalue weighted by Gasteiger charge is -2.08. The maximum Gasteiger partial charge on any atom is 0.536 e. The molecule has 190 valence electrons. The third kappa shape index (κ3) is 6.15. The minimum Gasteiger partial charge on any atom is -0.274 e. The first-order valence-corrected chi connectivity index (χ1v) is 14.3. The molecule has 0 saturated heterocycles. The third-order valence-electron chi connectivity index (χ3n) is 5.09. The number of unbranched alkanes of at least 4 members (excludes halogenated alkanes) is 2. The summed E-state index contributed by atoms with van der Waals surface area (Å²) in [5.74, 6) is 1.64. The summed E-state index contributed by atoms with van der Waals surface area (Å²) in [5.41, 5.74) is -8.40. The molecule has 0 unspecified atom stereocenters. The van der Waals surface area contributed by atoms with E-state index in [-0.39, 0.29) is 15.5 Å². The maximum absolute atomic E-state index is 13.1. The van der Waals surface area contributed by atoms with Crippen molar-refractivity contribution in [3.63, 3.8) is 0 Å². The summed E-state index contributed by atoms with van der Waals surface area (Å²) in [6.07, 6.45) is 3.91. The average molecular weight is 548 g/mol. The smallest absolute Gasteiger partial charge is 0.274 e. The SMILES string of the molecule is CCCCSc1ccc2c(=O)n(OS(=O)(=O)C(F)(F)F)c(=O)c3ccc(SCCCC)cc3c2c1. The minimum absolute atomic E-state index is 0.134. The first-order chi connectivity index (χ1) is 16.5. The molecule has 0 aliphatic heterocycles. The molecule has 3 rings (SSSR count). The fraction of sp³-hybridized carbons (Fsp3) is 0.391.